The largest absolute Gasteiger partial charge is 0.350 e. The number of amides is 1. The van der Waals surface area contributed by atoms with Crippen LogP contribution in [0, 0.1) is 16.0 Å². The summed E-state index contributed by atoms with van der Waals surface area (Å²) in [5, 5.41) is 12.3. The number of fused-ring (bicyclic) bond motifs is 5. The molecular formula is C23H24N4O4. The summed E-state index contributed by atoms with van der Waals surface area (Å²) in [6, 6.07) is 11.2. The molecule has 0 N–H and O–H groups in total. The third-order valence-electron chi connectivity index (χ3n) is 6.72. The minimum Gasteiger partial charge on any atom is -0.350 e. The Balaban J connectivity index is 1.32. The summed E-state index contributed by atoms with van der Waals surface area (Å²) in [5.41, 5.74) is 2.22. The highest BCUT2D eigenvalue weighted by molar-refractivity contribution is 5.85. The molecule has 2 unspecified atom stereocenters. The van der Waals surface area contributed by atoms with Gasteiger partial charge in [-0.05, 0) is 36.5 Å². The van der Waals surface area contributed by atoms with E-state index in [0.717, 1.165) is 17.6 Å². The first kappa shape index (κ1) is 19.5. The first-order valence-electron chi connectivity index (χ1n) is 10.6. The molecule has 160 valence electrons. The number of carbonyl (C=O) groups excluding carboxylic acids is 1. The van der Waals surface area contributed by atoms with Crippen LogP contribution in [0.4, 0.5) is 5.69 Å². The fourth-order valence-electron chi connectivity index (χ4n) is 5.30. The molecule has 0 aliphatic carbocycles. The van der Waals surface area contributed by atoms with Crippen LogP contribution in [0.1, 0.15) is 30.0 Å². The molecule has 8 nitrogen and oxygen atoms in total. The molecule has 2 aliphatic heterocycles. The van der Waals surface area contributed by atoms with Crippen LogP contribution >= 0.6 is 0 Å². The molecule has 31 heavy (non-hydrogen) atoms. The molecule has 1 fully saturated rings. The number of aromatic nitrogens is 2. The van der Waals surface area contributed by atoms with Crippen LogP contribution in [-0.2, 0) is 24.8 Å². The molecule has 4 heterocycles. The topological polar surface area (TPSA) is 90.4 Å². The van der Waals surface area contributed by atoms with Crippen molar-refractivity contribution in [2.75, 3.05) is 13.1 Å². The van der Waals surface area contributed by atoms with Crippen LogP contribution in [0.3, 0.4) is 0 Å². The van der Waals surface area contributed by atoms with Crippen molar-refractivity contribution in [2.45, 2.75) is 31.7 Å². The van der Waals surface area contributed by atoms with Gasteiger partial charge in [0.05, 0.1) is 4.92 Å². The Morgan fingerprint density at radius 2 is 1.97 bits per heavy atom. The van der Waals surface area contributed by atoms with Gasteiger partial charge in [0.15, 0.2) is 0 Å². The van der Waals surface area contributed by atoms with Crippen molar-refractivity contribution in [1.29, 1.82) is 0 Å². The molecule has 1 saturated heterocycles. The number of nitrogens with zero attached hydrogens (tertiary/aromatic N) is 4. The molecule has 0 saturated carbocycles. The minimum atomic E-state index is -0.622. The maximum atomic E-state index is 13.0. The Bertz CT molecular complexity index is 1260. The highest BCUT2D eigenvalue weighted by atomic mass is 16.6. The molecule has 0 spiro atoms. The van der Waals surface area contributed by atoms with E-state index in [2.05, 4.69) is 22.9 Å². The Hall–Kier alpha value is -3.42. The van der Waals surface area contributed by atoms with E-state index < -0.39 is 10.5 Å². The fourth-order valence-corrected chi connectivity index (χ4v) is 5.30. The lowest BCUT2D eigenvalue weighted by atomic mass is 9.83. The molecule has 0 radical (unpaired) electrons. The number of carbonyl (C=O) groups is 1. The van der Waals surface area contributed by atoms with Gasteiger partial charge in [0, 0.05) is 67.9 Å². The smallest absolute Gasteiger partial charge is 0.334 e. The number of pyridine rings is 1. The summed E-state index contributed by atoms with van der Waals surface area (Å²) in [4.78, 5) is 37.9. The van der Waals surface area contributed by atoms with Gasteiger partial charge >= 0.3 is 11.2 Å². The number of aryl methyl sites for hydroxylation is 2. The van der Waals surface area contributed by atoms with Crippen molar-refractivity contribution >= 4 is 22.5 Å². The van der Waals surface area contributed by atoms with E-state index in [1.54, 1.807) is 10.6 Å². The van der Waals surface area contributed by atoms with Gasteiger partial charge in [-0.1, -0.05) is 18.2 Å². The van der Waals surface area contributed by atoms with Crippen LogP contribution in [0.25, 0.3) is 10.9 Å². The van der Waals surface area contributed by atoms with Crippen LogP contribution in [0.15, 0.2) is 47.4 Å². The average molecular weight is 420 g/mol. The number of likely N-dealkylation sites (tertiary alicyclic amines) is 1. The quantitative estimate of drug-likeness (QED) is 0.479. The number of piperidine rings is 1. The van der Waals surface area contributed by atoms with Gasteiger partial charge < -0.3 is 14.0 Å². The van der Waals surface area contributed by atoms with E-state index in [1.807, 2.05) is 24.1 Å². The first-order valence-corrected chi connectivity index (χ1v) is 10.6. The monoisotopic (exact) mass is 420 g/mol. The van der Waals surface area contributed by atoms with Crippen molar-refractivity contribution in [2.24, 2.45) is 13.0 Å². The Labute approximate surface area is 178 Å². The molecular weight excluding hydrogens is 396 g/mol. The second kappa shape index (κ2) is 7.37. The average Bonchev–Trinajstić information content (AvgIpc) is 3.08. The van der Waals surface area contributed by atoms with Crippen LogP contribution < -0.4 is 5.56 Å². The van der Waals surface area contributed by atoms with E-state index in [0.29, 0.717) is 32.5 Å². The predicted molar refractivity (Wildman–Crippen MR) is 116 cm³/mol. The molecule has 5 rings (SSSR count). The van der Waals surface area contributed by atoms with Crippen molar-refractivity contribution in [3.63, 3.8) is 0 Å². The second-order valence-corrected chi connectivity index (χ2v) is 8.70. The van der Waals surface area contributed by atoms with E-state index >= 15 is 0 Å². The standard InChI is InChI=1S/C23H24N4O4/c1-24-13-16(18-4-2-3-5-20(18)24)6-9-22(28)25-11-15-10-17(14-25)19-7-8-21(27(30)31)23(29)26(19)12-15/h2-5,7-8,13,15,17H,6,9-12,14H2,1H3. The molecule has 8 heteroatoms. The van der Waals surface area contributed by atoms with E-state index in [9.17, 15) is 19.7 Å². The Kier molecular flexibility index (Phi) is 4.64. The SMILES string of the molecule is Cn1cc(CCC(=O)N2CC3CC(C2)c2ccc([N+](=O)[O-])c(=O)n2C3)c2ccccc21. The van der Waals surface area contributed by atoms with Crippen LogP contribution in [0.5, 0.6) is 0 Å². The summed E-state index contributed by atoms with van der Waals surface area (Å²) in [6.07, 6.45) is 4.14. The van der Waals surface area contributed by atoms with E-state index in [4.69, 9.17) is 0 Å². The van der Waals surface area contributed by atoms with Gasteiger partial charge in [-0.2, -0.15) is 0 Å². The van der Waals surface area contributed by atoms with Gasteiger partial charge in [0.1, 0.15) is 0 Å². The van der Waals surface area contributed by atoms with Crippen LogP contribution in [0.2, 0.25) is 0 Å². The van der Waals surface area contributed by atoms with E-state index in [1.165, 1.54) is 17.0 Å². The molecule has 2 aromatic heterocycles. The molecule has 2 atom stereocenters. The van der Waals surface area contributed by atoms with Crippen molar-refractivity contribution in [1.82, 2.24) is 14.0 Å². The molecule has 1 amide bonds. The summed E-state index contributed by atoms with van der Waals surface area (Å²) >= 11 is 0. The number of benzene rings is 1. The number of hydrogen-bond acceptors (Lipinski definition) is 4. The maximum Gasteiger partial charge on any atom is 0.334 e. The number of rotatable bonds is 4. The molecule has 1 aromatic carbocycles. The van der Waals surface area contributed by atoms with Gasteiger partial charge in [-0.25, -0.2) is 0 Å². The number of para-hydroxylation sites is 1. The number of hydrogen-bond donors (Lipinski definition) is 0. The molecule has 2 bridgehead atoms. The van der Waals surface area contributed by atoms with Gasteiger partial charge in [-0.15, -0.1) is 0 Å². The zero-order valence-corrected chi connectivity index (χ0v) is 17.4. The van der Waals surface area contributed by atoms with Crippen molar-refractivity contribution in [3.8, 4) is 0 Å². The summed E-state index contributed by atoms with van der Waals surface area (Å²) in [6.45, 7) is 1.58. The predicted octanol–water partition coefficient (Wildman–Crippen LogP) is 2.83. The van der Waals surface area contributed by atoms with Gasteiger partial charge in [0.25, 0.3) is 0 Å². The first-order chi connectivity index (χ1) is 14.9. The zero-order valence-electron chi connectivity index (χ0n) is 17.4. The van der Waals surface area contributed by atoms with Gasteiger partial charge in [0.2, 0.25) is 5.91 Å². The summed E-state index contributed by atoms with van der Waals surface area (Å²) in [7, 11) is 2.02. The normalized spacial score (nSPS) is 20.0. The molecule has 3 aromatic rings. The Morgan fingerprint density at radius 3 is 2.77 bits per heavy atom. The second-order valence-electron chi connectivity index (χ2n) is 8.70. The Morgan fingerprint density at radius 1 is 1.16 bits per heavy atom. The van der Waals surface area contributed by atoms with Gasteiger partial charge in [-0.3, -0.25) is 19.7 Å². The fraction of sp³-hybridized carbons (Fsp3) is 0.391. The van der Waals surface area contributed by atoms with Crippen molar-refractivity contribution < 1.29 is 9.72 Å². The lowest BCUT2D eigenvalue weighted by Gasteiger charge is -2.42. The lowest BCUT2D eigenvalue weighted by molar-refractivity contribution is -0.386. The zero-order chi connectivity index (χ0) is 21.7. The lowest BCUT2D eigenvalue weighted by Crippen LogP contribution is -2.49. The number of nitro groups is 1. The van der Waals surface area contributed by atoms with Crippen LogP contribution in [-0.4, -0.2) is 38.0 Å². The van der Waals surface area contributed by atoms with Crippen molar-refractivity contribution in [3.05, 3.63) is 74.3 Å². The summed E-state index contributed by atoms with van der Waals surface area (Å²) in [5.74, 6) is 0.315. The minimum absolute atomic E-state index is 0.0440. The third-order valence-corrected chi connectivity index (χ3v) is 6.72. The summed E-state index contributed by atoms with van der Waals surface area (Å²) < 4.78 is 3.64. The van der Waals surface area contributed by atoms with E-state index in [-0.39, 0.29) is 23.4 Å². The highest BCUT2D eigenvalue weighted by Crippen LogP contribution is 2.36. The molecule has 2 aliphatic rings. The third kappa shape index (κ3) is 3.32. The maximum absolute atomic E-state index is 13.0. The highest BCUT2D eigenvalue weighted by Gasteiger charge is 2.37.